The van der Waals surface area contributed by atoms with Crippen LogP contribution in [0.5, 0.6) is 11.5 Å². The quantitative estimate of drug-likeness (QED) is 0.373. The van der Waals surface area contributed by atoms with E-state index in [2.05, 4.69) is 10.1 Å². The van der Waals surface area contributed by atoms with Crippen LogP contribution in [0.2, 0.25) is 0 Å². The molecule has 0 amide bonds. The molecule has 0 saturated heterocycles. The summed E-state index contributed by atoms with van der Waals surface area (Å²) in [7, 11) is 1.45. The van der Waals surface area contributed by atoms with Gasteiger partial charge in [0.1, 0.15) is 11.5 Å². The molecule has 0 unspecified atom stereocenters. The monoisotopic (exact) mass is 488 g/mol. The second-order valence-electron chi connectivity index (χ2n) is 8.57. The zero-order chi connectivity index (χ0) is 23.9. The Hall–Kier alpha value is -2.98. The Balaban J connectivity index is 1.35. The molecule has 6 nitrogen and oxygen atoms in total. The summed E-state index contributed by atoms with van der Waals surface area (Å²) in [6, 6.07) is 9.81. The molecule has 5 rings (SSSR count). The molecule has 178 valence electrons. The van der Waals surface area contributed by atoms with E-state index in [-0.39, 0.29) is 17.7 Å². The number of fused-ring (bicyclic) bond motifs is 1. The molecule has 1 aliphatic carbocycles. The van der Waals surface area contributed by atoms with Crippen LogP contribution in [0.1, 0.15) is 36.4 Å². The molecule has 34 heavy (non-hydrogen) atoms. The maximum atomic E-state index is 13.0. The van der Waals surface area contributed by atoms with Gasteiger partial charge in [-0.25, -0.2) is 4.98 Å². The van der Waals surface area contributed by atoms with Gasteiger partial charge in [0.15, 0.2) is 5.69 Å². The first kappa shape index (κ1) is 22.8. The molecule has 1 saturated carbocycles. The lowest BCUT2D eigenvalue weighted by molar-refractivity contribution is -0.141. The molecule has 0 spiro atoms. The Morgan fingerprint density at radius 3 is 2.68 bits per heavy atom. The summed E-state index contributed by atoms with van der Waals surface area (Å²) in [4.78, 5) is 8.90. The maximum absolute atomic E-state index is 13.0. The normalized spacial score (nSPS) is 19.0. The largest absolute Gasteiger partial charge is 0.457 e. The van der Waals surface area contributed by atoms with Crippen molar-refractivity contribution in [2.45, 2.75) is 44.4 Å². The summed E-state index contributed by atoms with van der Waals surface area (Å²) in [6.45, 7) is 0. The molecule has 1 aliphatic rings. The van der Waals surface area contributed by atoms with Crippen LogP contribution < -0.4 is 4.74 Å². The zero-order valence-electron chi connectivity index (χ0n) is 18.4. The Labute approximate surface area is 198 Å². The van der Waals surface area contributed by atoms with Crippen LogP contribution >= 0.6 is 11.3 Å². The third-order valence-electron chi connectivity index (χ3n) is 6.11. The van der Waals surface area contributed by atoms with Crippen LogP contribution in [0.15, 0.2) is 42.6 Å². The Bertz CT molecular complexity index is 1320. The zero-order valence-corrected chi connectivity index (χ0v) is 19.2. The van der Waals surface area contributed by atoms with Gasteiger partial charge in [-0.15, -0.1) is 11.3 Å². The number of benzene rings is 1. The second kappa shape index (κ2) is 8.99. The van der Waals surface area contributed by atoms with Gasteiger partial charge in [-0.2, -0.15) is 18.3 Å². The van der Waals surface area contributed by atoms with Gasteiger partial charge in [0.2, 0.25) is 0 Å². The van der Waals surface area contributed by atoms with Crippen molar-refractivity contribution in [2.24, 2.45) is 13.0 Å². The number of rotatable bonds is 5. The van der Waals surface area contributed by atoms with E-state index >= 15 is 0 Å². The van der Waals surface area contributed by atoms with Crippen molar-refractivity contribution < 1.29 is 23.0 Å². The maximum Gasteiger partial charge on any atom is 0.435 e. The topological polar surface area (TPSA) is 73.1 Å². The predicted octanol–water partition coefficient (Wildman–Crippen LogP) is 6.00. The summed E-state index contributed by atoms with van der Waals surface area (Å²) in [5.74, 6) is 1.30. The van der Waals surface area contributed by atoms with Crippen LogP contribution in [0.4, 0.5) is 13.2 Å². The van der Waals surface area contributed by atoms with Gasteiger partial charge in [-0.3, -0.25) is 9.67 Å². The van der Waals surface area contributed by atoms with Crippen LogP contribution in [0.25, 0.3) is 21.6 Å². The molecule has 10 heteroatoms. The molecule has 2 atom stereocenters. The molecular formula is C24H23F3N4O2S. The van der Waals surface area contributed by atoms with Gasteiger partial charge in [-0.1, -0.05) is 12.8 Å². The van der Waals surface area contributed by atoms with Gasteiger partial charge in [0.25, 0.3) is 0 Å². The molecular weight excluding hydrogens is 465 g/mol. The van der Waals surface area contributed by atoms with E-state index in [4.69, 9.17) is 9.72 Å². The lowest BCUT2D eigenvalue weighted by Gasteiger charge is -2.26. The number of thiazole rings is 1. The number of nitrogens with zero attached hydrogens (tertiary/aromatic N) is 4. The minimum Gasteiger partial charge on any atom is -0.457 e. The highest BCUT2D eigenvalue weighted by atomic mass is 32.1. The number of hydrogen-bond acceptors (Lipinski definition) is 6. The van der Waals surface area contributed by atoms with Crippen LogP contribution in [0, 0.1) is 5.92 Å². The van der Waals surface area contributed by atoms with Gasteiger partial charge in [0, 0.05) is 31.8 Å². The number of halogens is 3. The predicted molar refractivity (Wildman–Crippen MR) is 123 cm³/mol. The van der Waals surface area contributed by atoms with E-state index in [1.54, 1.807) is 23.5 Å². The summed E-state index contributed by atoms with van der Waals surface area (Å²) >= 11 is 1.59. The van der Waals surface area contributed by atoms with Crippen LogP contribution in [-0.2, 0) is 19.6 Å². The second-order valence-corrected chi connectivity index (χ2v) is 9.68. The molecule has 4 aromatic rings. The third kappa shape index (κ3) is 4.78. The number of alkyl halides is 3. The number of aromatic nitrogens is 4. The van der Waals surface area contributed by atoms with Crippen molar-refractivity contribution in [3.05, 3.63) is 53.3 Å². The number of ether oxygens (including phenoxy) is 1. The molecule has 1 aromatic carbocycles. The summed E-state index contributed by atoms with van der Waals surface area (Å²) < 4.78 is 47.1. The molecule has 1 fully saturated rings. The highest BCUT2D eigenvalue weighted by Crippen LogP contribution is 2.35. The van der Waals surface area contributed by atoms with Crippen molar-refractivity contribution in [1.29, 1.82) is 0 Å². The number of aryl methyl sites for hydroxylation is 1. The first-order valence-corrected chi connectivity index (χ1v) is 11.9. The fourth-order valence-electron chi connectivity index (χ4n) is 4.35. The lowest BCUT2D eigenvalue weighted by atomic mass is 9.84. The number of hydrogen-bond donors (Lipinski definition) is 1. The van der Waals surface area contributed by atoms with Gasteiger partial charge in [-0.05, 0) is 43.0 Å². The van der Waals surface area contributed by atoms with E-state index in [0.717, 1.165) is 58.1 Å². The fourth-order valence-corrected chi connectivity index (χ4v) is 5.44. The van der Waals surface area contributed by atoms with Gasteiger partial charge >= 0.3 is 6.18 Å². The van der Waals surface area contributed by atoms with E-state index in [0.29, 0.717) is 17.2 Å². The molecule has 3 heterocycles. The minimum absolute atomic E-state index is 0.241. The number of aliphatic hydroxyl groups excluding tert-OH is 1. The number of pyridine rings is 1. The van der Waals surface area contributed by atoms with Crippen LogP contribution in [-0.4, -0.2) is 31.0 Å². The molecule has 1 N–H and O–H groups in total. The fraction of sp³-hybridized carbons (Fsp3) is 0.375. The molecule has 0 aliphatic heterocycles. The lowest BCUT2D eigenvalue weighted by Crippen LogP contribution is -2.26. The molecule has 3 aromatic heterocycles. The van der Waals surface area contributed by atoms with Crippen molar-refractivity contribution in [3.8, 4) is 22.9 Å². The Morgan fingerprint density at radius 2 is 1.91 bits per heavy atom. The average molecular weight is 489 g/mol. The van der Waals surface area contributed by atoms with Crippen molar-refractivity contribution >= 4 is 21.6 Å². The van der Waals surface area contributed by atoms with E-state index in [1.165, 1.54) is 13.2 Å². The van der Waals surface area contributed by atoms with Crippen molar-refractivity contribution in [3.63, 3.8) is 0 Å². The highest BCUT2D eigenvalue weighted by Gasteiger charge is 2.35. The van der Waals surface area contributed by atoms with Gasteiger partial charge < -0.3 is 9.84 Å². The molecule has 0 bridgehead atoms. The first-order chi connectivity index (χ1) is 16.3. The van der Waals surface area contributed by atoms with E-state index in [1.807, 2.05) is 18.2 Å². The summed E-state index contributed by atoms with van der Waals surface area (Å²) in [5.41, 5.74) is 0.480. The standard InChI is InChI=1S/C24H23F3N4O2S/c1-31-19(13-22(30-31)24(25,26)27)18-11-16(8-9-28-18)33-15-6-7-17-21(12-15)34-23(29-17)10-14-4-2-3-5-20(14)32/h6-9,11-14,20,32H,2-5,10H2,1H3/t14-,20+/m0/s1. The SMILES string of the molecule is Cn1nc(C(F)(F)F)cc1-c1cc(Oc2ccc3nc(C[C@@H]4CCCC[C@H]4O)sc3c2)ccn1. The molecule has 0 radical (unpaired) electrons. The van der Waals surface area contributed by atoms with Crippen LogP contribution in [0.3, 0.4) is 0 Å². The minimum atomic E-state index is -4.53. The highest BCUT2D eigenvalue weighted by molar-refractivity contribution is 7.18. The smallest absolute Gasteiger partial charge is 0.435 e. The Morgan fingerprint density at radius 1 is 1.12 bits per heavy atom. The number of aliphatic hydroxyl groups is 1. The van der Waals surface area contributed by atoms with Crippen molar-refractivity contribution in [1.82, 2.24) is 19.7 Å². The third-order valence-corrected chi connectivity index (χ3v) is 7.15. The van der Waals surface area contributed by atoms with Crippen molar-refractivity contribution in [2.75, 3.05) is 0 Å². The van der Waals surface area contributed by atoms with Gasteiger partial charge in [0.05, 0.1) is 32.7 Å². The Kier molecular flexibility index (Phi) is 6.03. The average Bonchev–Trinajstić information content (AvgIpc) is 3.38. The van der Waals surface area contributed by atoms with E-state index in [9.17, 15) is 18.3 Å². The summed E-state index contributed by atoms with van der Waals surface area (Å²) in [6.07, 6.45) is 1.59. The van der Waals surface area contributed by atoms with E-state index < -0.39 is 11.9 Å². The first-order valence-electron chi connectivity index (χ1n) is 11.1. The summed E-state index contributed by atoms with van der Waals surface area (Å²) in [5, 5.41) is 14.8.